The number of rotatable bonds is 16. The van der Waals surface area contributed by atoms with Gasteiger partial charge in [0.1, 0.15) is 42.5 Å². The predicted molar refractivity (Wildman–Crippen MR) is 170 cm³/mol. The molecule has 6 amide bonds. The van der Waals surface area contributed by atoms with Gasteiger partial charge in [-0.3, -0.25) is 28.8 Å². The van der Waals surface area contributed by atoms with Crippen LogP contribution >= 0.6 is 0 Å². The largest absolute Gasteiger partial charge is 0.394 e. The Morgan fingerprint density at radius 3 is 1.62 bits per heavy atom. The molecule has 1 aliphatic heterocycles. The molecule has 0 saturated heterocycles. The molecule has 0 spiro atoms. The van der Waals surface area contributed by atoms with Gasteiger partial charge in [0, 0.05) is 19.6 Å². The second-order valence-electron chi connectivity index (χ2n) is 11.6. The molecule has 22 heteroatoms. The van der Waals surface area contributed by atoms with E-state index in [-0.39, 0.29) is 58.2 Å². The summed E-state index contributed by atoms with van der Waals surface area (Å²) in [7, 11) is 0. The van der Waals surface area contributed by atoms with Crippen molar-refractivity contribution in [3.63, 3.8) is 0 Å². The molecule has 3 unspecified atom stereocenters. The van der Waals surface area contributed by atoms with Crippen LogP contribution in [0.25, 0.3) is 0 Å². The van der Waals surface area contributed by atoms with Crippen LogP contribution in [0, 0.1) is 0 Å². The first-order valence-electron chi connectivity index (χ1n) is 16.0. The number of aliphatic hydroxyl groups is 4. The number of carbonyl (C=O) groups excluding carboxylic acids is 6. The van der Waals surface area contributed by atoms with Gasteiger partial charge in [-0.1, -0.05) is 0 Å². The number of hydroxylamine groups is 6. The van der Waals surface area contributed by atoms with E-state index in [0.29, 0.717) is 15.2 Å². The molecule has 0 aromatic rings. The summed E-state index contributed by atoms with van der Waals surface area (Å²) in [5.41, 5.74) is -0.433. The van der Waals surface area contributed by atoms with E-state index in [1.807, 2.05) is 0 Å². The van der Waals surface area contributed by atoms with Gasteiger partial charge >= 0.3 is 0 Å². The molecule has 0 aromatic carbocycles. The fourth-order valence-electron chi connectivity index (χ4n) is 4.35. The third kappa shape index (κ3) is 16.8. The number of carbonyl (C=O) groups is 6. The minimum Gasteiger partial charge on any atom is -0.394 e. The Kier molecular flexibility index (Phi) is 20.3. The maximum atomic E-state index is 13.5. The fourth-order valence-corrected chi connectivity index (χ4v) is 4.35. The van der Waals surface area contributed by atoms with Gasteiger partial charge in [0.05, 0.1) is 19.7 Å². The van der Waals surface area contributed by atoms with Gasteiger partial charge in [0.15, 0.2) is 0 Å². The Bertz CT molecular complexity index is 1170. The molecule has 12 N–H and O–H groups in total. The second kappa shape index (κ2) is 22.9. The first kappa shape index (κ1) is 44.3. The molecule has 1 aliphatic rings. The summed E-state index contributed by atoms with van der Waals surface area (Å²) in [4.78, 5) is 81.9. The minimum atomic E-state index is -1.53. The van der Waals surface area contributed by atoms with Gasteiger partial charge in [-0.2, -0.15) is 15.2 Å². The maximum absolute atomic E-state index is 13.5. The zero-order chi connectivity index (χ0) is 38.0. The van der Waals surface area contributed by atoms with Crippen LogP contribution in [-0.2, 0) is 28.8 Å². The monoisotopic (exact) mass is 721 g/mol. The van der Waals surface area contributed by atoms with Crippen molar-refractivity contribution in [2.24, 2.45) is 4.99 Å². The zero-order valence-corrected chi connectivity index (χ0v) is 28.3. The highest BCUT2D eigenvalue weighted by Gasteiger charge is 2.29. The predicted octanol–water partition coefficient (Wildman–Crippen LogP) is -4.92. The molecule has 0 saturated carbocycles. The lowest BCUT2D eigenvalue weighted by Crippen LogP contribution is -2.55. The molecule has 1 heterocycles. The Morgan fingerprint density at radius 2 is 1.12 bits per heavy atom. The van der Waals surface area contributed by atoms with Gasteiger partial charge in [-0.15, -0.1) is 0 Å². The van der Waals surface area contributed by atoms with Crippen molar-refractivity contribution >= 4 is 41.2 Å². The number of aliphatic imine (C=N–C) groups is 1. The second-order valence-corrected chi connectivity index (χ2v) is 11.6. The molecule has 50 heavy (non-hydrogen) atoms. The van der Waals surface area contributed by atoms with Crippen LogP contribution in [0.3, 0.4) is 0 Å². The highest BCUT2D eigenvalue weighted by molar-refractivity contribution is 6.40. The number of amides is 6. The lowest BCUT2D eigenvalue weighted by molar-refractivity contribution is -0.189. The van der Waals surface area contributed by atoms with E-state index in [0.717, 1.165) is 0 Å². The topological polar surface area (TPSA) is 326 Å². The van der Waals surface area contributed by atoms with Crippen molar-refractivity contribution in [1.82, 2.24) is 41.8 Å². The van der Waals surface area contributed by atoms with Crippen LogP contribution in [0.5, 0.6) is 0 Å². The van der Waals surface area contributed by atoms with E-state index < -0.39 is 97.7 Å². The Labute approximate surface area is 288 Å². The summed E-state index contributed by atoms with van der Waals surface area (Å²) in [5.74, 6) is -5.72. The molecule has 286 valence electrons. The van der Waals surface area contributed by atoms with E-state index in [1.165, 1.54) is 20.8 Å². The van der Waals surface area contributed by atoms with Gasteiger partial charge in [0.2, 0.25) is 23.6 Å². The SMILES string of the molecule is CC(O)N(O)CCCC1=NC(=O)[C@H](CCCN(O)C(C)O)NC(=O)[C@H](CCCN(O)C(C)O)NC(=O)CNC(=O)[C@@H](CO)NC(=O)CNC1=O. The lowest BCUT2D eigenvalue weighted by Gasteiger charge is -2.24. The third-order valence-electron chi connectivity index (χ3n) is 7.30. The smallest absolute Gasteiger partial charge is 0.268 e. The zero-order valence-electron chi connectivity index (χ0n) is 28.3. The summed E-state index contributed by atoms with van der Waals surface area (Å²) in [6.07, 6.45) is -4.34. The standard InChI is InChI=1S/C28H51N9O13/c1-16(39)35(48)10-4-7-19-25(44)29-14-24(43)32-22(15-38)26(45)30-13-23(42)31-20(8-5-11-36(49)17(2)40)27(46)34-21(28(47)33-19)9-6-12-37(50)18(3)41/h16-18,20-22,38-41,48-50H,4-15H2,1-3H3,(H,29,44)(H,30,45)(H,31,42)(H,32,43)(H,34,46)/t16?,17?,18?,20-,21-,22+/m0/s1. The van der Waals surface area contributed by atoms with Crippen molar-refractivity contribution in [3.8, 4) is 0 Å². The van der Waals surface area contributed by atoms with Crippen LogP contribution in [0.1, 0.15) is 59.3 Å². The minimum absolute atomic E-state index is 0.00606. The van der Waals surface area contributed by atoms with E-state index in [1.54, 1.807) is 0 Å². The highest BCUT2D eigenvalue weighted by atomic mass is 16.5. The first-order chi connectivity index (χ1) is 23.5. The first-order valence-corrected chi connectivity index (χ1v) is 16.0. The number of nitrogens with one attached hydrogen (secondary N) is 5. The van der Waals surface area contributed by atoms with Crippen molar-refractivity contribution in [1.29, 1.82) is 0 Å². The summed E-state index contributed by atoms with van der Waals surface area (Å²) in [5, 5.41) is 81.0. The van der Waals surface area contributed by atoms with Crippen LogP contribution in [-0.4, -0.2) is 169 Å². The Morgan fingerprint density at radius 1 is 0.660 bits per heavy atom. The summed E-state index contributed by atoms with van der Waals surface area (Å²) in [6, 6.07) is -4.37. The molecule has 0 aliphatic carbocycles. The molecular weight excluding hydrogens is 670 g/mol. The average Bonchev–Trinajstić information content (AvgIpc) is 3.05. The molecule has 0 radical (unpaired) electrons. The summed E-state index contributed by atoms with van der Waals surface area (Å²) >= 11 is 0. The number of hydrogen-bond donors (Lipinski definition) is 12. The van der Waals surface area contributed by atoms with Crippen molar-refractivity contribution in [2.75, 3.05) is 39.3 Å². The molecular formula is C28H51N9O13. The van der Waals surface area contributed by atoms with E-state index in [2.05, 4.69) is 31.6 Å². The lowest BCUT2D eigenvalue weighted by atomic mass is 10.1. The highest BCUT2D eigenvalue weighted by Crippen LogP contribution is 2.09. The number of aliphatic hydroxyl groups excluding tert-OH is 4. The van der Waals surface area contributed by atoms with Gasteiger partial charge in [-0.25, -0.2) is 4.99 Å². The van der Waals surface area contributed by atoms with Gasteiger partial charge in [0.25, 0.3) is 11.8 Å². The Balaban J connectivity index is 3.52. The normalized spacial score (nSPS) is 22.5. The molecule has 0 aromatic heterocycles. The molecule has 6 atom stereocenters. The van der Waals surface area contributed by atoms with E-state index in [9.17, 15) is 64.8 Å². The summed E-state index contributed by atoms with van der Waals surface area (Å²) in [6.45, 7) is 1.08. The fraction of sp³-hybridized carbons (Fsp3) is 0.750. The van der Waals surface area contributed by atoms with E-state index >= 15 is 0 Å². The van der Waals surface area contributed by atoms with Crippen molar-refractivity contribution in [2.45, 2.75) is 96.1 Å². The quantitative estimate of drug-likeness (QED) is 0.0525. The molecule has 1 rings (SSSR count). The molecule has 0 fully saturated rings. The van der Waals surface area contributed by atoms with Crippen LogP contribution in [0.15, 0.2) is 4.99 Å². The number of hydrogen-bond acceptors (Lipinski definition) is 16. The van der Waals surface area contributed by atoms with Crippen LogP contribution in [0.2, 0.25) is 0 Å². The van der Waals surface area contributed by atoms with Crippen LogP contribution in [0.4, 0.5) is 0 Å². The third-order valence-corrected chi connectivity index (χ3v) is 7.30. The average molecular weight is 722 g/mol. The molecule has 22 nitrogen and oxygen atoms in total. The van der Waals surface area contributed by atoms with Gasteiger partial charge in [-0.05, 0) is 59.3 Å². The van der Waals surface area contributed by atoms with Crippen molar-refractivity contribution < 1.29 is 64.8 Å². The summed E-state index contributed by atoms with van der Waals surface area (Å²) < 4.78 is 0. The maximum Gasteiger partial charge on any atom is 0.268 e. The van der Waals surface area contributed by atoms with Crippen LogP contribution < -0.4 is 26.6 Å². The van der Waals surface area contributed by atoms with Crippen molar-refractivity contribution in [3.05, 3.63) is 0 Å². The van der Waals surface area contributed by atoms with E-state index in [4.69, 9.17) is 0 Å². The Hall–Kier alpha value is -3.71. The van der Waals surface area contributed by atoms with Gasteiger partial charge < -0.3 is 62.6 Å². The number of nitrogens with zero attached hydrogens (tertiary/aromatic N) is 4. The molecule has 0 bridgehead atoms.